The lowest BCUT2D eigenvalue weighted by molar-refractivity contribution is 0.453. The predicted molar refractivity (Wildman–Crippen MR) is 53.7 cm³/mol. The largest absolute Gasteiger partial charge is 0.380 e. The molecule has 3 rings (SSSR count). The zero-order valence-corrected chi connectivity index (χ0v) is 7.57. The number of nitrogen functional groups attached to an aromatic ring is 1. The van der Waals surface area contributed by atoms with Gasteiger partial charge in [0.2, 0.25) is 0 Å². The van der Waals surface area contributed by atoms with Crippen molar-refractivity contribution < 1.29 is 8.91 Å². The second-order valence-electron chi connectivity index (χ2n) is 3.25. The number of fused-ring (bicyclic) bond motifs is 2. The average Bonchev–Trinajstić information content (AvgIpc) is 2.57. The number of anilines is 1. The zero-order chi connectivity index (χ0) is 10.4. The first-order valence-electron chi connectivity index (χ1n) is 4.35. The van der Waals surface area contributed by atoms with Crippen molar-refractivity contribution in [1.29, 1.82) is 0 Å². The van der Waals surface area contributed by atoms with Crippen molar-refractivity contribution in [3.63, 3.8) is 0 Å². The van der Waals surface area contributed by atoms with Gasteiger partial charge in [-0.3, -0.25) is 0 Å². The third-order valence-electron chi connectivity index (χ3n) is 2.25. The molecule has 3 aromatic rings. The standard InChI is InChI=1S/C10H6FN3O/c11-6-2-1-5-3-7-9(12)14-15-10(7)13-8(5)4-6/h1-4H,(H2,12,14). The average molecular weight is 203 g/mol. The minimum absolute atomic E-state index is 0.295. The molecule has 4 nitrogen and oxygen atoms in total. The Morgan fingerprint density at radius 1 is 1.27 bits per heavy atom. The summed E-state index contributed by atoms with van der Waals surface area (Å²) in [5.41, 5.74) is 6.43. The van der Waals surface area contributed by atoms with Gasteiger partial charge < -0.3 is 10.3 Å². The number of nitrogens with two attached hydrogens (primary N) is 1. The fourth-order valence-electron chi connectivity index (χ4n) is 1.52. The number of hydrogen-bond acceptors (Lipinski definition) is 4. The second-order valence-corrected chi connectivity index (χ2v) is 3.25. The molecule has 1 aromatic carbocycles. The summed E-state index contributed by atoms with van der Waals surface area (Å²) >= 11 is 0. The van der Waals surface area contributed by atoms with Crippen molar-refractivity contribution in [2.45, 2.75) is 0 Å². The first-order valence-corrected chi connectivity index (χ1v) is 4.35. The Kier molecular flexibility index (Phi) is 1.45. The van der Waals surface area contributed by atoms with Gasteiger partial charge in [-0.15, -0.1) is 0 Å². The Morgan fingerprint density at radius 3 is 3.00 bits per heavy atom. The first kappa shape index (κ1) is 8.16. The molecule has 0 radical (unpaired) electrons. The van der Waals surface area contributed by atoms with E-state index >= 15 is 0 Å². The SMILES string of the molecule is Nc1noc2nc3cc(F)ccc3cc12. The van der Waals surface area contributed by atoms with E-state index in [1.165, 1.54) is 12.1 Å². The van der Waals surface area contributed by atoms with E-state index in [9.17, 15) is 4.39 Å². The fourth-order valence-corrected chi connectivity index (χ4v) is 1.52. The summed E-state index contributed by atoms with van der Waals surface area (Å²) < 4.78 is 17.8. The molecule has 0 bridgehead atoms. The number of rotatable bonds is 0. The van der Waals surface area contributed by atoms with Crippen LogP contribution in [0.5, 0.6) is 0 Å². The number of benzene rings is 1. The molecule has 0 saturated carbocycles. The van der Waals surface area contributed by atoms with Crippen LogP contribution in [0.4, 0.5) is 10.2 Å². The molecule has 0 aliphatic rings. The fraction of sp³-hybridized carbons (Fsp3) is 0. The predicted octanol–water partition coefficient (Wildman–Crippen LogP) is 2.10. The molecule has 15 heavy (non-hydrogen) atoms. The summed E-state index contributed by atoms with van der Waals surface area (Å²) in [5, 5.41) is 5.04. The molecule has 0 aliphatic heterocycles. The molecule has 0 saturated heterocycles. The molecule has 2 N–H and O–H groups in total. The molecule has 0 atom stereocenters. The summed E-state index contributed by atoms with van der Waals surface area (Å²) in [4.78, 5) is 4.11. The Hall–Kier alpha value is -2.17. The van der Waals surface area contributed by atoms with Gasteiger partial charge in [0.05, 0.1) is 10.9 Å². The van der Waals surface area contributed by atoms with E-state index in [0.717, 1.165) is 5.39 Å². The number of aromatic nitrogens is 2. The molecule has 2 aromatic heterocycles. The highest BCUT2D eigenvalue weighted by molar-refractivity contribution is 5.95. The van der Waals surface area contributed by atoms with Gasteiger partial charge in [-0.25, -0.2) is 9.37 Å². The van der Waals surface area contributed by atoms with Gasteiger partial charge in [0.15, 0.2) is 5.82 Å². The van der Waals surface area contributed by atoms with Crippen molar-refractivity contribution in [3.05, 3.63) is 30.1 Å². The molecule has 5 heteroatoms. The third kappa shape index (κ3) is 1.13. The Bertz CT molecular complexity index is 662. The minimum atomic E-state index is -0.332. The van der Waals surface area contributed by atoms with Crippen molar-refractivity contribution in [1.82, 2.24) is 10.1 Å². The Morgan fingerprint density at radius 2 is 2.13 bits per heavy atom. The second kappa shape index (κ2) is 2.66. The highest BCUT2D eigenvalue weighted by atomic mass is 19.1. The number of halogens is 1. The number of nitrogens with zero attached hydrogens (tertiary/aromatic N) is 2. The van der Waals surface area contributed by atoms with Crippen molar-refractivity contribution >= 4 is 27.8 Å². The molecule has 0 amide bonds. The normalized spacial score (nSPS) is 11.3. The lowest BCUT2D eigenvalue weighted by Gasteiger charge is -1.96. The molecule has 0 unspecified atom stereocenters. The molecule has 0 aliphatic carbocycles. The van der Waals surface area contributed by atoms with Gasteiger partial charge in [-0.2, -0.15) is 0 Å². The van der Waals surface area contributed by atoms with Crippen molar-refractivity contribution in [2.24, 2.45) is 0 Å². The first-order chi connectivity index (χ1) is 7.24. The van der Waals surface area contributed by atoms with Gasteiger partial charge in [0, 0.05) is 11.5 Å². The van der Waals surface area contributed by atoms with E-state index < -0.39 is 0 Å². The maximum absolute atomic E-state index is 12.9. The van der Waals surface area contributed by atoms with Crippen molar-refractivity contribution in [2.75, 3.05) is 5.73 Å². The summed E-state index contributed by atoms with van der Waals surface area (Å²) in [6.45, 7) is 0. The summed E-state index contributed by atoms with van der Waals surface area (Å²) in [7, 11) is 0. The van der Waals surface area contributed by atoms with Crippen LogP contribution in [0.3, 0.4) is 0 Å². The van der Waals surface area contributed by atoms with Crippen LogP contribution in [0.1, 0.15) is 0 Å². The third-order valence-corrected chi connectivity index (χ3v) is 2.25. The quantitative estimate of drug-likeness (QED) is 0.607. The van der Waals surface area contributed by atoms with E-state index in [-0.39, 0.29) is 5.82 Å². The molecule has 0 fully saturated rings. The van der Waals surface area contributed by atoms with Gasteiger partial charge in [0.1, 0.15) is 5.82 Å². The van der Waals surface area contributed by atoms with Crippen LogP contribution in [0.15, 0.2) is 28.8 Å². The van der Waals surface area contributed by atoms with Crippen LogP contribution in [-0.4, -0.2) is 10.1 Å². The number of hydrogen-bond donors (Lipinski definition) is 1. The molecular weight excluding hydrogens is 197 g/mol. The highest BCUT2D eigenvalue weighted by Gasteiger charge is 2.08. The Labute approximate surface area is 83.5 Å². The maximum Gasteiger partial charge on any atom is 0.260 e. The van der Waals surface area contributed by atoms with Gasteiger partial charge in [-0.05, 0) is 18.2 Å². The van der Waals surface area contributed by atoms with Gasteiger partial charge in [0.25, 0.3) is 5.71 Å². The van der Waals surface area contributed by atoms with Crippen LogP contribution in [0, 0.1) is 5.82 Å². The number of pyridine rings is 1. The van der Waals surface area contributed by atoms with E-state index in [0.29, 0.717) is 22.4 Å². The summed E-state index contributed by atoms with van der Waals surface area (Å²) in [6, 6.07) is 6.14. The van der Waals surface area contributed by atoms with Crippen LogP contribution in [0.25, 0.3) is 22.0 Å². The van der Waals surface area contributed by atoms with Crippen LogP contribution in [-0.2, 0) is 0 Å². The van der Waals surface area contributed by atoms with Gasteiger partial charge in [-0.1, -0.05) is 5.16 Å². The van der Waals surface area contributed by atoms with Gasteiger partial charge >= 0.3 is 0 Å². The van der Waals surface area contributed by atoms with E-state index in [2.05, 4.69) is 10.1 Å². The van der Waals surface area contributed by atoms with Crippen LogP contribution >= 0.6 is 0 Å². The van der Waals surface area contributed by atoms with Crippen molar-refractivity contribution in [3.8, 4) is 0 Å². The molecule has 2 heterocycles. The maximum atomic E-state index is 12.9. The van der Waals surface area contributed by atoms with E-state index in [1.54, 1.807) is 12.1 Å². The smallest absolute Gasteiger partial charge is 0.260 e. The lowest BCUT2D eigenvalue weighted by Crippen LogP contribution is -1.85. The molecular formula is C10H6FN3O. The molecule has 74 valence electrons. The van der Waals surface area contributed by atoms with Crippen LogP contribution in [0.2, 0.25) is 0 Å². The summed E-state index contributed by atoms with van der Waals surface area (Å²) in [5.74, 6) is -0.0365. The van der Waals surface area contributed by atoms with E-state index in [1.807, 2.05) is 0 Å². The Balaban J connectivity index is 2.49. The summed E-state index contributed by atoms with van der Waals surface area (Å²) in [6.07, 6.45) is 0. The molecule has 0 spiro atoms. The lowest BCUT2D eigenvalue weighted by atomic mass is 10.2. The highest BCUT2D eigenvalue weighted by Crippen LogP contribution is 2.23. The van der Waals surface area contributed by atoms with Crippen LogP contribution < -0.4 is 5.73 Å². The topological polar surface area (TPSA) is 64.9 Å². The minimum Gasteiger partial charge on any atom is -0.380 e. The monoisotopic (exact) mass is 203 g/mol. The van der Waals surface area contributed by atoms with E-state index in [4.69, 9.17) is 10.3 Å². The zero-order valence-electron chi connectivity index (χ0n) is 7.57.